The second-order valence-electron chi connectivity index (χ2n) is 8.29. The zero-order chi connectivity index (χ0) is 25.1. The van der Waals surface area contributed by atoms with Crippen molar-refractivity contribution in [3.63, 3.8) is 0 Å². The summed E-state index contributed by atoms with van der Waals surface area (Å²) in [7, 11) is 0. The Kier molecular flexibility index (Phi) is 6.75. The van der Waals surface area contributed by atoms with Crippen molar-refractivity contribution in [3.8, 4) is 0 Å². The molecule has 0 amide bonds. The number of ether oxygens (including phenoxy) is 1. The highest BCUT2D eigenvalue weighted by Crippen LogP contribution is 2.30. The molecule has 0 saturated heterocycles. The van der Waals surface area contributed by atoms with Crippen molar-refractivity contribution in [1.29, 1.82) is 0 Å². The van der Waals surface area contributed by atoms with Crippen LogP contribution in [0.1, 0.15) is 34.0 Å². The molecule has 0 aliphatic carbocycles. The van der Waals surface area contributed by atoms with Gasteiger partial charge in [-0.1, -0.05) is 66.7 Å². The van der Waals surface area contributed by atoms with Crippen LogP contribution in [0.25, 0.3) is 10.9 Å². The van der Waals surface area contributed by atoms with Crippen LogP contribution in [0.3, 0.4) is 0 Å². The van der Waals surface area contributed by atoms with E-state index in [0.29, 0.717) is 16.7 Å². The molecule has 180 valence electrons. The number of para-hydroxylation sites is 1. The zero-order valence-corrected chi connectivity index (χ0v) is 18.9. The highest BCUT2D eigenvalue weighted by molar-refractivity contribution is 6.03. The Balaban J connectivity index is 1.57. The fraction of sp³-hybridized carbons (Fsp3) is 0.185. The number of rotatable bonds is 8. The Hall–Kier alpha value is -3.91. The molecule has 1 heterocycles. The van der Waals surface area contributed by atoms with Gasteiger partial charge in [0.2, 0.25) is 11.5 Å². The molecule has 4 rings (SSSR count). The summed E-state index contributed by atoms with van der Waals surface area (Å²) in [4.78, 5) is 29.4. The lowest BCUT2D eigenvalue weighted by Crippen LogP contribution is -2.52. The Morgan fingerprint density at radius 2 is 1.66 bits per heavy atom. The second kappa shape index (κ2) is 9.76. The van der Waals surface area contributed by atoms with Gasteiger partial charge in [0, 0.05) is 29.2 Å². The Bertz CT molecular complexity index is 1350. The summed E-state index contributed by atoms with van der Waals surface area (Å²) < 4.78 is 45.0. The summed E-state index contributed by atoms with van der Waals surface area (Å²) >= 11 is 0. The van der Waals surface area contributed by atoms with Crippen LogP contribution < -0.4 is 5.32 Å². The average molecular weight is 480 g/mol. The van der Waals surface area contributed by atoms with E-state index in [9.17, 15) is 22.8 Å². The van der Waals surface area contributed by atoms with Crippen LogP contribution in [0, 0.1) is 0 Å². The fourth-order valence-corrected chi connectivity index (χ4v) is 3.85. The van der Waals surface area contributed by atoms with Crippen LogP contribution in [0.15, 0.2) is 85.1 Å². The van der Waals surface area contributed by atoms with Crippen LogP contribution >= 0.6 is 0 Å². The maximum Gasteiger partial charge on any atom is 0.416 e. The van der Waals surface area contributed by atoms with E-state index in [1.54, 1.807) is 36.5 Å². The third-order valence-electron chi connectivity index (χ3n) is 5.68. The first-order valence-electron chi connectivity index (χ1n) is 10.9. The summed E-state index contributed by atoms with van der Waals surface area (Å²) in [6, 6.07) is 20.5. The average Bonchev–Trinajstić information content (AvgIpc) is 3.25. The predicted octanol–water partition coefficient (Wildman–Crippen LogP) is 5.66. The van der Waals surface area contributed by atoms with Gasteiger partial charge >= 0.3 is 12.1 Å². The molecular formula is C27H23F3N2O3. The maximum absolute atomic E-state index is 13.3. The number of benzene rings is 3. The smallest absolute Gasteiger partial charge is 0.416 e. The molecule has 0 aliphatic heterocycles. The molecule has 0 aliphatic rings. The molecule has 1 unspecified atom stereocenters. The molecule has 0 spiro atoms. The Morgan fingerprint density at radius 3 is 2.40 bits per heavy atom. The van der Waals surface area contributed by atoms with Gasteiger partial charge < -0.3 is 9.72 Å². The minimum absolute atomic E-state index is 0.0904. The van der Waals surface area contributed by atoms with Gasteiger partial charge in [-0.2, -0.15) is 13.2 Å². The summed E-state index contributed by atoms with van der Waals surface area (Å²) in [5.41, 5.74) is -0.451. The zero-order valence-electron chi connectivity index (χ0n) is 18.9. The summed E-state index contributed by atoms with van der Waals surface area (Å²) in [6.07, 6.45) is -2.88. The van der Waals surface area contributed by atoms with Crippen molar-refractivity contribution in [2.75, 3.05) is 0 Å². The molecule has 0 bridgehead atoms. The third-order valence-corrected chi connectivity index (χ3v) is 5.68. The molecule has 2 N–H and O–H groups in total. The lowest BCUT2D eigenvalue weighted by Gasteiger charge is -2.29. The highest BCUT2D eigenvalue weighted by Gasteiger charge is 2.38. The minimum atomic E-state index is -4.50. The van der Waals surface area contributed by atoms with E-state index in [0.717, 1.165) is 23.0 Å². The summed E-state index contributed by atoms with van der Waals surface area (Å²) in [5.74, 6) is -1.17. The topological polar surface area (TPSA) is 71.2 Å². The van der Waals surface area contributed by atoms with Gasteiger partial charge in [0.05, 0.1) is 12.0 Å². The number of aromatic nitrogens is 1. The summed E-state index contributed by atoms with van der Waals surface area (Å²) in [5, 5.41) is 3.73. The molecule has 3 aromatic carbocycles. The predicted molar refractivity (Wildman–Crippen MR) is 126 cm³/mol. The standard InChI is InChI=1S/C27H23F3N2O3/c1-26(25(34)19-9-3-2-4-10-19,32-16-18-8-7-11-21(14-18)27(28,29)30)35-24(33)15-20-17-31-23-13-6-5-12-22(20)23/h2-14,17,31-32H,15-16H2,1H3. The molecule has 5 nitrogen and oxygen atoms in total. The number of carbonyl (C=O) groups excluding carboxylic acids is 2. The third kappa shape index (κ3) is 5.60. The molecule has 4 aromatic rings. The lowest BCUT2D eigenvalue weighted by atomic mass is 10.0. The van der Waals surface area contributed by atoms with Gasteiger partial charge in [-0.3, -0.25) is 14.9 Å². The number of halogens is 3. The number of H-pyrrole nitrogens is 1. The van der Waals surface area contributed by atoms with Crippen molar-refractivity contribution in [3.05, 3.63) is 107 Å². The Labute approximate surface area is 199 Å². The van der Waals surface area contributed by atoms with E-state index in [1.165, 1.54) is 19.1 Å². The SMILES string of the molecule is CC(NCc1cccc(C(F)(F)F)c1)(OC(=O)Cc1c[nH]c2ccccc12)C(=O)c1ccccc1. The second-order valence-corrected chi connectivity index (χ2v) is 8.29. The van der Waals surface area contributed by atoms with Gasteiger partial charge in [0.25, 0.3) is 0 Å². The monoisotopic (exact) mass is 480 g/mol. The largest absolute Gasteiger partial charge is 0.436 e. The van der Waals surface area contributed by atoms with Crippen LogP contribution in [0.5, 0.6) is 0 Å². The molecule has 8 heteroatoms. The van der Waals surface area contributed by atoms with Crippen molar-refractivity contribution >= 4 is 22.7 Å². The van der Waals surface area contributed by atoms with Gasteiger partial charge in [0.15, 0.2) is 0 Å². The van der Waals surface area contributed by atoms with Gasteiger partial charge in [-0.05, 0) is 30.2 Å². The van der Waals surface area contributed by atoms with E-state index < -0.39 is 29.2 Å². The van der Waals surface area contributed by atoms with Crippen LogP contribution in [-0.2, 0) is 28.7 Å². The van der Waals surface area contributed by atoms with Crippen molar-refractivity contribution < 1.29 is 27.5 Å². The number of hydrogen-bond donors (Lipinski definition) is 2. The number of fused-ring (bicyclic) bond motifs is 1. The van der Waals surface area contributed by atoms with Gasteiger partial charge in [0.1, 0.15) is 0 Å². The fourth-order valence-electron chi connectivity index (χ4n) is 3.85. The lowest BCUT2D eigenvalue weighted by molar-refractivity contribution is -0.155. The van der Waals surface area contributed by atoms with Gasteiger partial charge in [-0.25, -0.2) is 0 Å². The molecule has 1 aromatic heterocycles. The van der Waals surface area contributed by atoms with Crippen molar-refractivity contribution in [2.45, 2.75) is 31.8 Å². The van der Waals surface area contributed by atoms with Crippen molar-refractivity contribution in [2.24, 2.45) is 0 Å². The number of Topliss-reactive ketones (excluding diaryl/α,β-unsaturated/α-hetero) is 1. The number of nitrogens with one attached hydrogen (secondary N) is 2. The highest BCUT2D eigenvalue weighted by atomic mass is 19.4. The molecule has 0 saturated carbocycles. The number of ketones is 1. The first-order valence-corrected chi connectivity index (χ1v) is 10.9. The minimum Gasteiger partial charge on any atom is -0.436 e. The van der Waals surface area contributed by atoms with Gasteiger partial charge in [-0.15, -0.1) is 0 Å². The first-order chi connectivity index (χ1) is 16.7. The van der Waals surface area contributed by atoms with Crippen LogP contribution in [0.4, 0.5) is 13.2 Å². The molecule has 0 fully saturated rings. The first kappa shape index (κ1) is 24.2. The summed E-state index contributed by atoms with van der Waals surface area (Å²) in [6.45, 7) is 1.28. The maximum atomic E-state index is 13.3. The number of carbonyl (C=O) groups is 2. The van der Waals surface area contributed by atoms with E-state index in [-0.39, 0.29) is 13.0 Å². The molecule has 35 heavy (non-hydrogen) atoms. The Morgan fingerprint density at radius 1 is 0.943 bits per heavy atom. The van der Waals surface area contributed by atoms with E-state index in [2.05, 4.69) is 10.3 Å². The van der Waals surface area contributed by atoms with Crippen LogP contribution in [0.2, 0.25) is 0 Å². The molecule has 1 atom stereocenters. The number of esters is 1. The van der Waals surface area contributed by atoms with Crippen molar-refractivity contribution in [1.82, 2.24) is 10.3 Å². The van der Waals surface area contributed by atoms with E-state index >= 15 is 0 Å². The number of alkyl halides is 3. The van der Waals surface area contributed by atoms with E-state index in [4.69, 9.17) is 4.74 Å². The number of hydrogen-bond acceptors (Lipinski definition) is 4. The normalized spacial score (nSPS) is 13.4. The van der Waals surface area contributed by atoms with E-state index in [1.807, 2.05) is 24.3 Å². The quantitative estimate of drug-likeness (QED) is 0.194. The molecule has 0 radical (unpaired) electrons. The number of aromatic amines is 1. The molecular weight excluding hydrogens is 457 g/mol. The van der Waals surface area contributed by atoms with Crippen LogP contribution in [-0.4, -0.2) is 22.5 Å².